The minimum absolute atomic E-state index is 0.106. The molecule has 0 aromatic heterocycles. The number of aliphatic hydroxyl groups excluding tert-OH is 3. The van der Waals surface area contributed by atoms with Gasteiger partial charge in [-0.3, -0.25) is 0 Å². The topological polar surface area (TPSA) is 60.7 Å². The van der Waals surface area contributed by atoms with Crippen LogP contribution in [-0.4, -0.2) is 27.2 Å². The normalized spacial score (nSPS) is 14.8. The van der Waals surface area contributed by atoms with Gasteiger partial charge in [0, 0.05) is 5.56 Å². The molecule has 2 unspecified atom stereocenters. The van der Waals surface area contributed by atoms with E-state index in [1.807, 2.05) is 0 Å². The maximum absolute atomic E-state index is 13.1. The van der Waals surface area contributed by atoms with Crippen LogP contribution in [0, 0.1) is 5.82 Å². The fourth-order valence-corrected chi connectivity index (χ4v) is 1.68. The minimum atomic E-state index is -1.09. The maximum Gasteiger partial charge on any atom is 0.128 e. The molecule has 0 aliphatic heterocycles. The van der Waals surface area contributed by atoms with Crippen LogP contribution in [0.3, 0.4) is 0 Å². The second kappa shape index (κ2) is 6.20. The first-order valence-electron chi connectivity index (χ1n) is 4.96. The lowest BCUT2D eigenvalue weighted by Gasteiger charge is -2.18. The first-order chi connectivity index (χ1) is 7.60. The van der Waals surface area contributed by atoms with Gasteiger partial charge in [0.15, 0.2) is 0 Å². The highest BCUT2D eigenvalue weighted by Crippen LogP contribution is 2.21. The number of hydrogen-bond donors (Lipinski definition) is 4. The lowest BCUT2D eigenvalue weighted by Crippen LogP contribution is -2.19. The average molecular weight is 246 g/mol. The van der Waals surface area contributed by atoms with Gasteiger partial charge in [-0.05, 0) is 29.9 Å². The van der Waals surface area contributed by atoms with Crippen LogP contribution in [0.5, 0.6) is 0 Å². The van der Waals surface area contributed by atoms with Gasteiger partial charge < -0.3 is 15.3 Å². The predicted molar refractivity (Wildman–Crippen MR) is 61.8 cm³/mol. The Morgan fingerprint density at radius 1 is 1.31 bits per heavy atom. The van der Waals surface area contributed by atoms with Crippen molar-refractivity contribution >= 4 is 12.6 Å². The molecule has 16 heavy (non-hydrogen) atoms. The standard InChI is InChI=1S/C11H15FO3S/c12-9-2-1-7(5-8(9)6-13)11(15)10(14)3-4-16/h1-2,5,10-11,13-16H,3-4,6H2. The van der Waals surface area contributed by atoms with Crippen molar-refractivity contribution in [1.82, 2.24) is 0 Å². The van der Waals surface area contributed by atoms with E-state index in [0.29, 0.717) is 17.7 Å². The van der Waals surface area contributed by atoms with Crippen molar-refractivity contribution in [3.8, 4) is 0 Å². The third kappa shape index (κ3) is 3.18. The molecule has 90 valence electrons. The van der Waals surface area contributed by atoms with Crippen molar-refractivity contribution in [2.45, 2.75) is 25.2 Å². The van der Waals surface area contributed by atoms with Gasteiger partial charge in [-0.15, -0.1) is 0 Å². The van der Waals surface area contributed by atoms with Gasteiger partial charge in [0.25, 0.3) is 0 Å². The molecule has 0 heterocycles. The van der Waals surface area contributed by atoms with Crippen molar-refractivity contribution in [1.29, 1.82) is 0 Å². The molecule has 1 aromatic rings. The Morgan fingerprint density at radius 2 is 2.00 bits per heavy atom. The summed E-state index contributed by atoms with van der Waals surface area (Å²) in [5, 5.41) is 28.2. The van der Waals surface area contributed by atoms with Gasteiger partial charge in [0.2, 0.25) is 0 Å². The monoisotopic (exact) mass is 246 g/mol. The highest BCUT2D eigenvalue weighted by molar-refractivity contribution is 7.80. The summed E-state index contributed by atoms with van der Waals surface area (Å²) in [6.45, 7) is -0.435. The van der Waals surface area contributed by atoms with E-state index in [4.69, 9.17) is 5.11 Å². The van der Waals surface area contributed by atoms with Crippen LogP contribution in [0.15, 0.2) is 18.2 Å². The van der Waals surface area contributed by atoms with Crippen molar-refractivity contribution in [2.75, 3.05) is 5.75 Å². The van der Waals surface area contributed by atoms with Crippen LogP contribution in [0.1, 0.15) is 23.7 Å². The zero-order valence-electron chi connectivity index (χ0n) is 8.67. The molecule has 0 fully saturated rings. The zero-order valence-corrected chi connectivity index (χ0v) is 9.57. The maximum atomic E-state index is 13.1. The summed E-state index contributed by atoms with van der Waals surface area (Å²) in [7, 11) is 0. The SMILES string of the molecule is OCc1cc(C(O)C(O)CCS)ccc1F. The Bertz CT molecular complexity index is 346. The molecule has 0 aliphatic carbocycles. The number of thiol groups is 1. The molecule has 2 atom stereocenters. The van der Waals surface area contributed by atoms with Gasteiger partial charge in [0.05, 0.1) is 12.7 Å². The van der Waals surface area contributed by atoms with Gasteiger partial charge in [0.1, 0.15) is 11.9 Å². The Labute approximate surface area is 99.0 Å². The van der Waals surface area contributed by atoms with Crippen molar-refractivity contribution < 1.29 is 19.7 Å². The van der Waals surface area contributed by atoms with Crippen LogP contribution in [-0.2, 0) is 6.61 Å². The smallest absolute Gasteiger partial charge is 0.128 e. The molecule has 0 aliphatic rings. The largest absolute Gasteiger partial charge is 0.392 e. The van der Waals surface area contributed by atoms with Gasteiger partial charge in [-0.2, -0.15) is 12.6 Å². The first-order valence-corrected chi connectivity index (χ1v) is 5.59. The highest BCUT2D eigenvalue weighted by atomic mass is 32.1. The summed E-state index contributed by atoms with van der Waals surface area (Å²) < 4.78 is 13.1. The Morgan fingerprint density at radius 3 is 2.56 bits per heavy atom. The molecule has 0 saturated heterocycles. The van der Waals surface area contributed by atoms with E-state index in [-0.39, 0.29) is 5.56 Å². The van der Waals surface area contributed by atoms with Crippen LogP contribution in [0.4, 0.5) is 4.39 Å². The molecule has 0 bridgehead atoms. The predicted octanol–water partition coefficient (Wildman–Crippen LogP) is 1.03. The molecular weight excluding hydrogens is 231 g/mol. The summed E-state index contributed by atoms with van der Waals surface area (Å²) in [5.74, 6) is -0.0751. The number of benzene rings is 1. The third-order valence-electron chi connectivity index (χ3n) is 2.37. The Balaban J connectivity index is 2.87. The van der Waals surface area contributed by atoms with Gasteiger partial charge in [-0.1, -0.05) is 6.07 Å². The third-order valence-corrected chi connectivity index (χ3v) is 2.63. The fraction of sp³-hybridized carbons (Fsp3) is 0.455. The van der Waals surface area contributed by atoms with E-state index in [0.717, 1.165) is 6.07 Å². The second-order valence-electron chi connectivity index (χ2n) is 3.53. The molecule has 3 nitrogen and oxygen atoms in total. The summed E-state index contributed by atoms with van der Waals surface area (Å²) in [6.07, 6.45) is -1.68. The van der Waals surface area contributed by atoms with Crippen LogP contribution < -0.4 is 0 Å². The number of hydrogen-bond acceptors (Lipinski definition) is 4. The van der Waals surface area contributed by atoms with Crippen LogP contribution in [0.25, 0.3) is 0 Å². The van der Waals surface area contributed by atoms with Crippen molar-refractivity contribution in [3.05, 3.63) is 35.1 Å². The lowest BCUT2D eigenvalue weighted by molar-refractivity contribution is 0.0171. The molecule has 1 rings (SSSR count). The van der Waals surface area contributed by atoms with E-state index >= 15 is 0 Å². The fourth-order valence-electron chi connectivity index (χ4n) is 1.41. The van der Waals surface area contributed by atoms with Crippen LogP contribution in [0.2, 0.25) is 0 Å². The highest BCUT2D eigenvalue weighted by Gasteiger charge is 2.18. The molecular formula is C11H15FO3S. The number of rotatable bonds is 5. The summed E-state index contributed by atoms with van der Waals surface area (Å²) in [4.78, 5) is 0. The molecule has 0 amide bonds. The lowest BCUT2D eigenvalue weighted by atomic mass is 10.0. The zero-order chi connectivity index (χ0) is 12.1. The Hall–Kier alpha value is -0.620. The molecule has 5 heteroatoms. The van der Waals surface area contributed by atoms with Crippen molar-refractivity contribution in [3.63, 3.8) is 0 Å². The number of halogens is 1. The number of aliphatic hydroxyl groups is 3. The van der Waals surface area contributed by atoms with Crippen LogP contribution >= 0.6 is 12.6 Å². The van der Waals surface area contributed by atoms with E-state index in [1.165, 1.54) is 12.1 Å². The summed E-state index contributed by atoms with van der Waals surface area (Å²) in [6, 6.07) is 3.90. The van der Waals surface area contributed by atoms with Gasteiger partial charge >= 0.3 is 0 Å². The first kappa shape index (κ1) is 13.4. The van der Waals surface area contributed by atoms with E-state index < -0.39 is 24.6 Å². The Kier molecular flexibility index (Phi) is 5.21. The van der Waals surface area contributed by atoms with E-state index in [1.54, 1.807) is 0 Å². The van der Waals surface area contributed by atoms with Gasteiger partial charge in [-0.25, -0.2) is 4.39 Å². The minimum Gasteiger partial charge on any atom is -0.392 e. The quantitative estimate of drug-likeness (QED) is 0.587. The average Bonchev–Trinajstić information content (AvgIpc) is 2.29. The van der Waals surface area contributed by atoms with E-state index in [9.17, 15) is 14.6 Å². The molecule has 3 N–H and O–H groups in total. The molecule has 1 aromatic carbocycles. The summed E-state index contributed by atoms with van der Waals surface area (Å²) in [5.41, 5.74) is 0.495. The molecule has 0 radical (unpaired) electrons. The molecule has 0 saturated carbocycles. The van der Waals surface area contributed by atoms with E-state index in [2.05, 4.69) is 12.6 Å². The second-order valence-corrected chi connectivity index (χ2v) is 3.98. The molecule has 0 spiro atoms. The van der Waals surface area contributed by atoms with Crippen molar-refractivity contribution in [2.24, 2.45) is 0 Å². The summed E-state index contributed by atoms with van der Waals surface area (Å²) >= 11 is 3.95.